The lowest BCUT2D eigenvalue weighted by molar-refractivity contribution is -0.135. The van der Waals surface area contributed by atoms with Gasteiger partial charge in [-0.05, 0) is 25.1 Å². The molecule has 39 heavy (non-hydrogen) atoms. The molecule has 0 aliphatic carbocycles. The van der Waals surface area contributed by atoms with Crippen LogP contribution in [0.15, 0.2) is 18.2 Å². The Kier molecular flexibility index (Phi) is 7.27. The van der Waals surface area contributed by atoms with Gasteiger partial charge >= 0.3 is 0 Å². The topological polar surface area (TPSA) is 122 Å². The van der Waals surface area contributed by atoms with Crippen LogP contribution in [0.5, 0.6) is 5.75 Å². The van der Waals surface area contributed by atoms with Crippen molar-refractivity contribution in [2.45, 2.75) is 19.4 Å². The van der Waals surface area contributed by atoms with Crippen LogP contribution in [0.4, 0.5) is 4.39 Å². The molecule has 5 rings (SSSR count). The van der Waals surface area contributed by atoms with Crippen LogP contribution in [-0.4, -0.2) is 81.4 Å². The van der Waals surface area contributed by atoms with Gasteiger partial charge in [-0.25, -0.2) is 18.9 Å². The summed E-state index contributed by atoms with van der Waals surface area (Å²) in [6.07, 6.45) is 0.436. The first kappa shape index (κ1) is 27.0. The first-order valence-corrected chi connectivity index (χ1v) is 13.8. The van der Waals surface area contributed by atoms with Crippen molar-refractivity contribution in [2.75, 3.05) is 34.3 Å². The number of hydrogen-bond acceptors (Lipinski definition) is 9. The zero-order chi connectivity index (χ0) is 28.0. The second-order valence-electron chi connectivity index (χ2n) is 8.87. The number of halogens is 2. The number of thiophene rings is 1. The molecule has 0 spiro atoms. The number of ether oxygens (including phenoxy) is 1. The minimum Gasteiger partial charge on any atom is -0.481 e. The minimum atomic E-state index is -0.876. The predicted molar refractivity (Wildman–Crippen MR) is 143 cm³/mol. The van der Waals surface area contributed by atoms with Crippen molar-refractivity contribution in [1.29, 1.82) is 0 Å². The third kappa shape index (κ3) is 4.94. The van der Waals surface area contributed by atoms with Gasteiger partial charge in [0.15, 0.2) is 17.5 Å². The molecule has 5 heterocycles. The fourth-order valence-corrected chi connectivity index (χ4v) is 6.38. The van der Waals surface area contributed by atoms with E-state index in [1.165, 1.54) is 46.4 Å². The monoisotopic (exact) mass is 591 g/mol. The number of nitrogens with one attached hydrogen (secondary N) is 1. The molecular formula is C24H23ClFN7O4S2. The van der Waals surface area contributed by atoms with Crippen LogP contribution in [0.3, 0.4) is 0 Å². The smallest absolute Gasteiger partial charge is 0.271 e. The SMILES string of the molecule is CNC(=O)c1cc(F)c(C2c3c(nc4sc(C)nn34)CCN2C(=O)COc2ccc(C(=O)N(C)C)nc2Cl)s1. The molecule has 1 N–H and O–H groups in total. The molecular weight excluding hydrogens is 569 g/mol. The molecule has 1 aliphatic heterocycles. The van der Waals surface area contributed by atoms with Gasteiger partial charge in [0.1, 0.15) is 22.6 Å². The zero-order valence-electron chi connectivity index (χ0n) is 21.3. The molecule has 4 aromatic heterocycles. The molecule has 0 aromatic carbocycles. The Balaban J connectivity index is 1.47. The minimum absolute atomic E-state index is 0.0667. The Morgan fingerprint density at radius 3 is 2.72 bits per heavy atom. The Morgan fingerprint density at radius 2 is 2.03 bits per heavy atom. The van der Waals surface area contributed by atoms with Crippen molar-refractivity contribution < 1.29 is 23.5 Å². The number of imidazole rings is 1. The number of aromatic nitrogens is 4. The number of pyridine rings is 1. The van der Waals surface area contributed by atoms with E-state index in [1.807, 2.05) is 6.92 Å². The molecule has 3 amide bonds. The maximum atomic E-state index is 15.4. The van der Waals surface area contributed by atoms with Gasteiger partial charge in [0, 0.05) is 34.1 Å². The van der Waals surface area contributed by atoms with Gasteiger partial charge in [0.05, 0.1) is 21.1 Å². The fraction of sp³-hybridized carbons (Fsp3) is 0.333. The van der Waals surface area contributed by atoms with Crippen LogP contribution >= 0.6 is 34.3 Å². The average molecular weight is 592 g/mol. The Labute approximate surface area is 235 Å². The molecule has 204 valence electrons. The van der Waals surface area contributed by atoms with Crippen molar-refractivity contribution >= 4 is 57.0 Å². The summed E-state index contributed by atoms with van der Waals surface area (Å²) in [6.45, 7) is 1.67. The summed E-state index contributed by atoms with van der Waals surface area (Å²) in [5.41, 5.74) is 1.42. The van der Waals surface area contributed by atoms with E-state index in [-0.39, 0.29) is 38.8 Å². The maximum absolute atomic E-state index is 15.4. The zero-order valence-corrected chi connectivity index (χ0v) is 23.7. The molecule has 1 atom stereocenters. The number of carbonyl (C=O) groups is 3. The van der Waals surface area contributed by atoms with Crippen LogP contribution in [-0.2, 0) is 11.2 Å². The molecule has 0 bridgehead atoms. The summed E-state index contributed by atoms with van der Waals surface area (Å²) in [4.78, 5) is 50.6. The molecule has 11 nitrogen and oxygen atoms in total. The van der Waals surface area contributed by atoms with Crippen LogP contribution in [0, 0.1) is 12.7 Å². The number of fused-ring (bicyclic) bond motifs is 3. The number of hydrogen-bond donors (Lipinski definition) is 1. The molecule has 1 aliphatic rings. The van der Waals surface area contributed by atoms with E-state index >= 15 is 4.39 Å². The fourth-order valence-electron chi connectivity index (χ4n) is 4.30. The maximum Gasteiger partial charge on any atom is 0.271 e. The molecule has 15 heteroatoms. The summed E-state index contributed by atoms with van der Waals surface area (Å²) in [5.74, 6) is -1.67. The second-order valence-corrected chi connectivity index (χ2v) is 11.5. The van der Waals surface area contributed by atoms with E-state index in [9.17, 15) is 14.4 Å². The van der Waals surface area contributed by atoms with Gasteiger partial charge in [-0.2, -0.15) is 5.10 Å². The molecule has 0 fully saturated rings. The highest BCUT2D eigenvalue weighted by molar-refractivity contribution is 7.16. The predicted octanol–water partition coefficient (Wildman–Crippen LogP) is 2.96. The molecule has 1 unspecified atom stereocenters. The van der Waals surface area contributed by atoms with Crippen molar-refractivity contribution in [1.82, 2.24) is 34.7 Å². The van der Waals surface area contributed by atoms with Crippen LogP contribution in [0.25, 0.3) is 4.96 Å². The Bertz CT molecular complexity index is 1620. The third-order valence-electron chi connectivity index (χ3n) is 6.10. The first-order chi connectivity index (χ1) is 18.6. The molecule has 4 aromatic rings. The number of nitrogens with zero attached hydrogens (tertiary/aromatic N) is 6. The largest absolute Gasteiger partial charge is 0.481 e. The van der Waals surface area contributed by atoms with Crippen molar-refractivity contribution in [3.63, 3.8) is 0 Å². The van der Waals surface area contributed by atoms with E-state index in [0.717, 1.165) is 16.3 Å². The summed E-state index contributed by atoms with van der Waals surface area (Å²) in [5, 5.41) is 7.73. The van der Waals surface area contributed by atoms with E-state index in [1.54, 1.807) is 18.6 Å². The van der Waals surface area contributed by atoms with Crippen molar-refractivity contribution in [3.05, 3.63) is 61.0 Å². The van der Waals surface area contributed by atoms with Crippen LogP contribution in [0.1, 0.15) is 47.5 Å². The van der Waals surface area contributed by atoms with Gasteiger partial charge in [-0.3, -0.25) is 14.4 Å². The van der Waals surface area contributed by atoms with Crippen LogP contribution < -0.4 is 10.1 Å². The Hall–Kier alpha value is -3.62. The second kappa shape index (κ2) is 10.5. The lowest BCUT2D eigenvalue weighted by Crippen LogP contribution is -2.43. The lowest BCUT2D eigenvalue weighted by Gasteiger charge is -2.34. The van der Waals surface area contributed by atoms with Gasteiger partial charge in [0.25, 0.3) is 17.7 Å². The molecule has 0 saturated heterocycles. The normalized spacial score (nSPS) is 14.8. The number of rotatable bonds is 6. The summed E-state index contributed by atoms with van der Waals surface area (Å²) in [6, 6.07) is 3.22. The van der Waals surface area contributed by atoms with E-state index in [2.05, 4.69) is 20.4 Å². The number of aryl methyl sites for hydroxylation is 1. The van der Waals surface area contributed by atoms with E-state index in [0.29, 0.717) is 22.8 Å². The first-order valence-electron chi connectivity index (χ1n) is 11.8. The number of carbonyl (C=O) groups excluding carboxylic acids is 3. The quantitative estimate of drug-likeness (QED) is 0.342. The average Bonchev–Trinajstić information content (AvgIpc) is 3.57. The van der Waals surface area contributed by atoms with Gasteiger partial charge < -0.3 is 19.9 Å². The molecule has 0 saturated carbocycles. The van der Waals surface area contributed by atoms with E-state index < -0.39 is 30.3 Å². The van der Waals surface area contributed by atoms with Crippen molar-refractivity contribution in [3.8, 4) is 5.75 Å². The van der Waals surface area contributed by atoms with Gasteiger partial charge in [-0.15, -0.1) is 11.3 Å². The highest BCUT2D eigenvalue weighted by Gasteiger charge is 2.39. The highest BCUT2D eigenvalue weighted by atomic mass is 35.5. The molecule has 0 radical (unpaired) electrons. The van der Waals surface area contributed by atoms with Gasteiger partial charge in [0.2, 0.25) is 4.96 Å². The standard InChI is InChI=1S/C24H23ClFN7O4S2/c1-11-30-33-18-13(29-24(33)38-11)7-8-32(19(18)20-12(26)9-16(39-20)22(35)27-2)17(34)10-37-15-6-5-14(28-21(15)25)23(36)31(3)4/h5-6,9,19H,7-8,10H2,1-4H3,(H,27,35). The highest BCUT2D eigenvalue weighted by Crippen LogP contribution is 2.41. The summed E-state index contributed by atoms with van der Waals surface area (Å²) in [7, 11) is 4.65. The number of amides is 3. The van der Waals surface area contributed by atoms with Gasteiger partial charge in [-0.1, -0.05) is 22.9 Å². The third-order valence-corrected chi connectivity index (χ3v) is 8.36. The van der Waals surface area contributed by atoms with Crippen molar-refractivity contribution in [2.24, 2.45) is 0 Å². The van der Waals surface area contributed by atoms with E-state index in [4.69, 9.17) is 16.3 Å². The Morgan fingerprint density at radius 1 is 1.26 bits per heavy atom. The lowest BCUT2D eigenvalue weighted by atomic mass is 10.0. The summed E-state index contributed by atoms with van der Waals surface area (Å²) >= 11 is 8.59. The summed E-state index contributed by atoms with van der Waals surface area (Å²) < 4.78 is 22.7. The van der Waals surface area contributed by atoms with Crippen LogP contribution in [0.2, 0.25) is 5.15 Å².